The first kappa shape index (κ1) is 7.28. The molecule has 0 atom stereocenters. The molecule has 0 N–H and O–H groups in total. The predicted molar refractivity (Wildman–Crippen MR) is 38.4 cm³/mol. The molecule has 2 heteroatoms. The van der Waals surface area contributed by atoms with E-state index in [-0.39, 0.29) is 15.8 Å². The van der Waals surface area contributed by atoms with Crippen molar-refractivity contribution in [1.82, 2.24) is 0 Å². The Morgan fingerprint density at radius 1 is 1.22 bits per heavy atom. The summed E-state index contributed by atoms with van der Waals surface area (Å²) in [4.78, 5) is 0. The van der Waals surface area contributed by atoms with Crippen LogP contribution in [0.2, 0.25) is 0 Å². The monoisotopic (exact) mass is 266 g/mol. The molecule has 0 fully saturated rings. The maximum atomic E-state index is 3.40. The molecule has 0 nitrogen and oxygen atoms in total. The van der Waals surface area contributed by atoms with Gasteiger partial charge in [-0.3, -0.25) is 0 Å². The van der Waals surface area contributed by atoms with Crippen molar-refractivity contribution < 1.29 is 15.8 Å². The summed E-state index contributed by atoms with van der Waals surface area (Å²) in [5.41, 5.74) is 1.21. The Labute approximate surface area is 69.1 Å². The molecule has 9 heavy (non-hydrogen) atoms. The molecule has 0 aliphatic heterocycles. The van der Waals surface area contributed by atoms with Crippen LogP contribution < -0.4 is 0 Å². The molecule has 0 bridgehead atoms. The van der Waals surface area contributed by atoms with E-state index >= 15 is 0 Å². The fraction of sp³-hybridized carbons (Fsp3) is 0. The number of halogens is 1. The number of hydrogen-bond donors (Lipinski definition) is 0. The summed E-state index contributed by atoms with van der Waals surface area (Å²) in [6.07, 6.45) is 0. The Bertz CT molecular complexity index is 232. The van der Waals surface area contributed by atoms with Crippen LogP contribution in [-0.4, -0.2) is 0 Å². The Kier molecular flexibility index (Phi) is 3.28. The summed E-state index contributed by atoms with van der Waals surface area (Å²) < 4.78 is 3.25. The fourth-order valence-electron chi connectivity index (χ4n) is 0.551. The zero-order valence-corrected chi connectivity index (χ0v) is 8.27. The van der Waals surface area contributed by atoms with Gasteiger partial charge in [0.15, 0.2) is 0 Å². The Morgan fingerprint density at radius 3 is 2.44 bits per heavy atom. The van der Waals surface area contributed by atoms with Gasteiger partial charge >= 0.3 is 69.2 Å². The average molecular weight is 265 g/mol. The summed E-state index contributed by atoms with van der Waals surface area (Å²) in [6.45, 7) is 0. The zero-order valence-electron chi connectivity index (χ0n) is 4.67. The van der Waals surface area contributed by atoms with Gasteiger partial charge in [0.1, 0.15) is 0 Å². The second-order valence-electron chi connectivity index (χ2n) is 1.55. The van der Waals surface area contributed by atoms with Crippen LogP contribution in [-0.2, 0) is 15.8 Å². The van der Waals surface area contributed by atoms with E-state index in [1.54, 1.807) is 0 Å². The quantitative estimate of drug-likeness (QED) is 0.632. The van der Waals surface area contributed by atoms with Crippen LogP contribution >= 0.6 is 13.3 Å². The SMILES string of the molecule is [Br][Mo]#[C]c1ccccc1. The van der Waals surface area contributed by atoms with E-state index in [0.29, 0.717) is 0 Å². The second-order valence-corrected chi connectivity index (χ2v) is 4.34. The standard InChI is InChI=1S/C7H5.BrH.Mo/c1-7-5-3-2-4-6-7;;/h2-6H;1H;/q;;+1/p-1. The van der Waals surface area contributed by atoms with Crippen molar-refractivity contribution in [2.75, 3.05) is 0 Å². The first-order chi connectivity index (χ1) is 4.43. The molecule has 0 heterocycles. The number of benzene rings is 1. The molecule has 0 saturated heterocycles. The van der Waals surface area contributed by atoms with Gasteiger partial charge < -0.3 is 0 Å². The van der Waals surface area contributed by atoms with Crippen molar-refractivity contribution in [3.8, 4) is 4.20 Å². The van der Waals surface area contributed by atoms with Crippen molar-refractivity contribution in [1.29, 1.82) is 0 Å². The minimum absolute atomic E-state index is 0.156. The van der Waals surface area contributed by atoms with E-state index in [2.05, 4.69) is 29.6 Å². The first-order valence-electron chi connectivity index (χ1n) is 2.52. The summed E-state index contributed by atoms with van der Waals surface area (Å²) in [7, 11) is 0. The van der Waals surface area contributed by atoms with Gasteiger partial charge in [0.25, 0.3) is 0 Å². The van der Waals surface area contributed by atoms with Crippen molar-refractivity contribution in [3.05, 3.63) is 35.9 Å². The molecule has 0 aliphatic rings. The zero-order chi connectivity index (χ0) is 6.53. The first-order valence-corrected chi connectivity index (χ1v) is 8.11. The van der Waals surface area contributed by atoms with E-state index in [1.807, 2.05) is 18.2 Å². The predicted octanol–water partition coefficient (Wildman–Crippen LogP) is 2.39. The summed E-state index contributed by atoms with van der Waals surface area (Å²) in [5, 5.41) is 0. The third-order valence-electron chi connectivity index (χ3n) is 0.930. The van der Waals surface area contributed by atoms with Crippen molar-refractivity contribution >= 4 is 13.3 Å². The Hall–Kier alpha value is 0.168. The topological polar surface area (TPSA) is 0 Å². The molecule has 0 amide bonds. The third kappa shape index (κ3) is 2.49. The normalized spacial score (nSPS) is 8.11. The van der Waals surface area contributed by atoms with E-state index < -0.39 is 0 Å². The van der Waals surface area contributed by atoms with Crippen molar-refractivity contribution in [2.24, 2.45) is 0 Å². The molecule has 0 unspecified atom stereocenters. The van der Waals surface area contributed by atoms with Gasteiger partial charge in [0.2, 0.25) is 0 Å². The van der Waals surface area contributed by atoms with Gasteiger partial charge in [-0.2, -0.15) is 0 Å². The third-order valence-corrected chi connectivity index (χ3v) is 2.66. The summed E-state index contributed by atoms with van der Waals surface area (Å²) in [5.74, 6) is 0. The number of hydrogen-bond acceptors (Lipinski definition) is 0. The maximum absolute atomic E-state index is 3.40. The molecule has 1 rings (SSSR count). The van der Waals surface area contributed by atoms with E-state index in [1.165, 1.54) is 5.56 Å². The van der Waals surface area contributed by atoms with Crippen LogP contribution in [0.5, 0.6) is 0 Å². The molecule has 0 spiro atoms. The average Bonchev–Trinajstić information content (AvgIpc) is 1.91. The van der Waals surface area contributed by atoms with E-state index in [9.17, 15) is 0 Å². The van der Waals surface area contributed by atoms with Gasteiger partial charge in [0.05, 0.1) is 0 Å². The second kappa shape index (κ2) is 4.06. The molecule has 0 radical (unpaired) electrons. The molecule has 1 aromatic carbocycles. The van der Waals surface area contributed by atoms with E-state index in [4.69, 9.17) is 0 Å². The van der Waals surface area contributed by atoms with Crippen LogP contribution in [0.4, 0.5) is 0 Å². The minimum atomic E-state index is -0.156. The molecule has 1 aromatic rings. The van der Waals surface area contributed by atoms with Crippen LogP contribution in [0.1, 0.15) is 5.56 Å². The van der Waals surface area contributed by atoms with Crippen LogP contribution in [0.3, 0.4) is 0 Å². The molecule has 0 aromatic heterocycles. The summed E-state index contributed by atoms with van der Waals surface area (Å²) in [6, 6.07) is 10.2. The van der Waals surface area contributed by atoms with Gasteiger partial charge in [0, 0.05) is 0 Å². The molecular formula is C7H5BrMo. The van der Waals surface area contributed by atoms with Gasteiger partial charge in [-0.05, 0) is 0 Å². The molecule has 46 valence electrons. The Balaban J connectivity index is 2.94. The van der Waals surface area contributed by atoms with Crippen LogP contribution in [0.15, 0.2) is 30.3 Å². The molecular weight excluding hydrogens is 260 g/mol. The molecule has 0 aliphatic carbocycles. The van der Waals surface area contributed by atoms with Gasteiger partial charge in [-0.15, -0.1) is 0 Å². The van der Waals surface area contributed by atoms with Crippen molar-refractivity contribution in [2.45, 2.75) is 0 Å². The van der Waals surface area contributed by atoms with E-state index in [0.717, 1.165) is 0 Å². The Morgan fingerprint density at radius 2 is 1.89 bits per heavy atom. The van der Waals surface area contributed by atoms with Gasteiger partial charge in [-0.25, -0.2) is 0 Å². The molecule has 0 saturated carbocycles. The number of rotatable bonds is 0. The summed E-state index contributed by atoms with van der Waals surface area (Å²) >= 11 is 3.25. The van der Waals surface area contributed by atoms with Gasteiger partial charge in [-0.1, -0.05) is 0 Å². The fourth-order valence-corrected chi connectivity index (χ4v) is 2.21. The van der Waals surface area contributed by atoms with Crippen molar-refractivity contribution in [3.63, 3.8) is 0 Å². The van der Waals surface area contributed by atoms with Crippen LogP contribution in [0, 0.1) is 4.20 Å². The van der Waals surface area contributed by atoms with Crippen LogP contribution in [0.25, 0.3) is 0 Å².